The first kappa shape index (κ1) is 5.96. The van der Waals surface area contributed by atoms with Crippen molar-refractivity contribution in [1.82, 2.24) is 0 Å². The van der Waals surface area contributed by atoms with Crippen LogP contribution in [0.3, 0.4) is 0 Å². The first-order chi connectivity index (χ1) is 4.77. The third-order valence-corrected chi connectivity index (χ3v) is 2.61. The molecule has 0 saturated heterocycles. The lowest BCUT2D eigenvalue weighted by molar-refractivity contribution is -0.114. The van der Waals surface area contributed by atoms with E-state index in [-0.39, 0.29) is 5.91 Å². The van der Waals surface area contributed by atoms with E-state index in [4.69, 9.17) is 5.73 Å². The number of hydrogen-bond acceptors (Lipinski definition) is 1. The van der Waals surface area contributed by atoms with Crippen molar-refractivity contribution >= 4 is 5.91 Å². The summed E-state index contributed by atoms with van der Waals surface area (Å²) in [4.78, 5) is 10.8. The predicted molar refractivity (Wildman–Crippen MR) is 38.2 cm³/mol. The molecular formula is C8H11NO. The van der Waals surface area contributed by atoms with E-state index in [1.165, 1.54) is 12.0 Å². The summed E-state index contributed by atoms with van der Waals surface area (Å²) in [5.74, 6) is 0.578. The third-order valence-electron chi connectivity index (χ3n) is 2.61. The first-order valence-electron chi connectivity index (χ1n) is 3.78. The van der Waals surface area contributed by atoms with Crippen LogP contribution in [0.4, 0.5) is 0 Å². The maximum Gasteiger partial charge on any atom is 0.244 e. The monoisotopic (exact) mass is 137 g/mol. The molecule has 0 radical (unpaired) electrons. The second-order valence-corrected chi connectivity index (χ2v) is 3.26. The molecular weight excluding hydrogens is 126 g/mol. The molecule has 2 rings (SSSR count). The van der Waals surface area contributed by atoms with E-state index in [1.807, 2.05) is 0 Å². The summed E-state index contributed by atoms with van der Waals surface area (Å²) in [6.07, 6.45) is 4.53. The molecule has 2 aliphatic rings. The fourth-order valence-electron chi connectivity index (χ4n) is 2.09. The number of allylic oxidation sites excluding steroid dienone is 1. The summed E-state index contributed by atoms with van der Waals surface area (Å²) < 4.78 is 0. The predicted octanol–water partition coefficient (Wildman–Crippen LogP) is 0.972. The van der Waals surface area contributed by atoms with Crippen LogP contribution in [0.5, 0.6) is 0 Å². The molecule has 54 valence electrons. The number of primary amides is 1. The summed E-state index contributed by atoms with van der Waals surface area (Å²) in [6.45, 7) is 0. The molecule has 0 aromatic heterocycles. The van der Waals surface area contributed by atoms with E-state index in [9.17, 15) is 4.79 Å². The van der Waals surface area contributed by atoms with Crippen molar-refractivity contribution in [3.05, 3.63) is 11.1 Å². The van der Waals surface area contributed by atoms with Crippen LogP contribution in [0.1, 0.15) is 25.7 Å². The Balaban J connectivity index is 2.30. The first-order valence-corrected chi connectivity index (χ1v) is 3.78. The minimum Gasteiger partial charge on any atom is -0.366 e. The number of hydrogen-bond donors (Lipinski definition) is 1. The van der Waals surface area contributed by atoms with Crippen molar-refractivity contribution < 1.29 is 4.79 Å². The highest BCUT2D eigenvalue weighted by Crippen LogP contribution is 2.43. The lowest BCUT2D eigenvalue weighted by Crippen LogP contribution is -2.15. The van der Waals surface area contributed by atoms with Gasteiger partial charge in [0.05, 0.1) is 0 Å². The van der Waals surface area contributed by atoms with Crippen molar-refractivity contribution in [3.8, 4) is 0 Å². The van der Waals surface area contributed by atoms with Gasteiger partial charge in [-0.15, -0.1) is 0 Å². The van der Waals surface area contributed by atoms with Gasteiger partial charge in [-0.1, -0.05) is 5.57 Å². The second-order valence-electron chi connectivity index (χ2n) is 3.26. The number of fused-ring (bicyclic) bond motifs is 2. The van der Waals surface area contributed by atoms with Gasteiger partial charge < -0.3 is 5.73 Å². The van der Waals surface area contributed by atoms with Gasteiger partial charge in [0.2, 0.25) is 5.91 Å². The maximum absolute atomic E-state index is 10.8. The van der Waals surface area contributed by atoms with Crippen molar-refractivity contribution in [2.24, 2.45) is 11.7 Å². The van der Waals surface area contributed by atoms with E-state index < -0.39 is 0 Å². The molecule has 2 heteroatoms. The molecule has 1 unspecified atom stereocenters. The highest BCUT2D eigenvalue weighted by atomic mass is 16.1. The fourth-order valence-corrected chi connectivity index (χ4v) is 2.09. The molecule has 1 amide bonds. The molecule has 2 bridgehead atoms. The zero-order chi connectivity index (χ0) is 7.14. The molecule has 2 aliphatic carbocycles. The van der Waals surface area contributed by atoms with Gasteiger partial charge in [-0.05, 0) is 31.6 Å². The van der Waals surface area contributed by atoms with Gasteiger partial charge >= 0.3 is 0 Å². The average molecular weight is 137 g/mol. The lowest BCUT2D eigenvalue weighted by Gasteiger charge is -2.07. The Bertz CT molecular complexity index is 217. The van der Waals surface area contributed by atoms with Crippen molar-refractivity contribution in [3.63, 3.8) is 0 Å². The molecule has 0 heterocycles. The Morgan fingerprint density at radius 1 is 1.50 bits per heavy atom. The fraction of sp³-hybridized carbons (Fsp3) is 0.625. The summed E-state index contributed by atoms with van der Waals surface area (Å²) >= 11 is 0. The summed E-state index contributed by atoms with van der Waals surface area (Å²) in [7, 11) is 0. The molecule has 1 fully saturated rings. The van der Waals surface area contributed by atoms with Gasteiger partial charge in [0.1, 0.15) is 0 Å². The number of carbonyl (C=O) groups excluding carboxylic acids is 1. The van der Waals surface area contributed by atoms with Crippen LogP contribution in [-0.2, 0) is 4.79 Å². The van der Waals surface area contributed by atoms with Crippen LogP contribution in [-0.4, -0.2) is 5.91 Å². The Morgan fingerprint density at radius 2 is 2.30 bits per heavy atom. The third kappa shape index (κ3) is 0.681. The standard InChI is InChI=1S/C8H11NO/c9-8(10)7-4-5-1-2-6(7)3-5/h5H,1-4H2,(H2,9,10). The highest BCUT2D eigenvalue weighted by Gasteiger charge is 2.31. The molecule has 2 N–H and O–H groups in total. The molecule has 2 nitrogen and oxygen atoms in total. The number of nitrogens with two attached hydrogens (primary N) is 1. The maximum atomic E-state index is 10.8. The van der Waals surface area contributed by atoms with E-state index in [0.29, 0.717) is 0 Å². The zero-order valence-electron chi connectivity index (χ0n) is 5.89. The molecule has 1 saturated carbocycles. The Kier molecular flexibility index (Phi) is 1.10. The van der Waals surface area contributed by atoms with Gasteiger partial charge in [-0.3, -0.25) is 4.79 Å². The lowest BCUT2D eigenvalue weighted by atomic mass is 9.99. The van der Waals surface area contributed by atoms with E-state index in [1.54, 1.807) is 0 Å². The Hall–Kier alpha value is -0.790. The number of amides is 1. The molecule has 1 atom stereocenters. The average Bonchev–Trinajstić information content (AvgIpc) is 2.44. The number of carbonyl (C=O) groups is 1. The Labute approximate surface area is 60.1 Å². The largest absolute Gasteiger partial charge is 0.366 e. The SMILES string of the molecule is NC(=O)C1=C2CCC(C2)C1. The van der Waals surface area contributed by atoms with Crippen LogP contribution in [0.15, 0.2) is 11.1 Å². The van der Waals surface area contributed by atoms with E-state index >= 15 is 0 Å². The van der Waals surface area contributed by atoms with E-state index in [0.717, 1.165) is 30.8 Å². The molecule has 0 spiro atoms. The summed E-state index contributed by atoms with van der Waals surface area (Å²) in [6, 6.07) is 0. The van der Waals surface area contributed by atoms with Gasteiger partial charge in [0.25, 0.3) is 0 Å². The van der Waals surface area contributed by atoms with Crippen molar-refractivity contribution in [1.29, 1.82) is 0 Å². The normalized spacial score (nSPS) is 29.8. The number of rotatable bonds is 1. The van der Waals surface area contributed by atoms with Crippen LogP contribution in [0.2, 0.25) is 0 Å². The van der Waals surface area contributed by atoms with Gasteiger partial charge in [0, 0.05) is 5.57 Å². The van der Waals surface area contributed by atoms with Crippen molar-refractivity contribution in [2.75, 3.05) is 0 Å². The molecule has 0 aromatic carbocycles. The summed E-state index contributed by atoms with van der Waals surface area (Å²) in [5, 5.41) is 0. The molecule has 0 aromatic rings. The summed E-state index contributed by atoms with van der Waals surface area (Å²) in [5.41, 5.74) is 7.47. The minimum atomic E-state index is -0.183. The van der Waals surface area contributed by atoms with Crippen LogP contribution in [0, 0.1) is 5.92 Å². The quantitative estimate of drug-likeness (QED) is 0.575. The van der Waals surface area contributed by atoms with Crippen molar-refractivity contribution in [2.45, 2.75) is 25.7 Å². The second kappa shape index (κ2) is 1.84. The molecule has 0 aliphatic heterocycles. The van der Waals surface area contributed by atoms with Crippen LogP contribution in [0.25, 0.3) is 0 Å². The zero-order valence-corrected chi connectivity index (χ0v) is 5.89. The van der Waals surface area contributed by atoms with Gasteiger partial charge in [0.15, 0.2) is 0 Å². The van der Waals surface area contributed by atoms with Crippen LogP contribution >= 0.6 is 0 Å². The van der Waals surface area contributed by atoms with E-state index in [2.05, 4.69) is 0 Å². The molecule has 10 heavy (non-hydrogen) atoms. The minimum absolute atomic E-state index is 0.183. The van der Waals surface area contributed by atoms with Gasteiger partial charge in [-0.2, -0.15) is 0 Å². The topological polar surface area (TPSA) is 43.1 Å². The highest BCUT2D eigenvalue weighted by molar-refractivity contribution is 5.93. The van der Waals surface area contributed by atoms with Gasteiger partial charge in [-0.25, -0.2) is 0 Å². The van der Waals surface area contributed by atoms with Crippen LogP contribution < -0.4 is 5.73 Å². The smallest absolute Gasteiger partial charge is 0.244 e. The Morgan fingerprint density at radius 3 is 2.60 bits per heavy atom.